The number of hydrogen-bond acceptors (Lipinski definition) is 4. The maximum atomic E-state index is 13.0. The molecule has 4 rings (SSSR count). The molecule has 2 aliphatic rings. The largest absolute Gasteiger partial charge is 0.459 e. The summed E-state index contributed by atoms with van der Waals surface area (Å²) in [7, 11) is 0. The van der Waals surface area contributed by atoms with Crippen molar-refractivity contribution in [1.29, 1.82) is 0 Å². The zero-order valence-corrected chi connectivity index (χ0v) is 14.6. The number of aromatic amines is 1. The Morgan fingerprint density at radius 2 is 2.36 bits per heavy atom. The number of imidazole rings is 1. The number of rotatable bonds is 4. The molecule has 25 heavy (non-hydrogen) atoms. The lowest BCUT2D eigenvalue weighted by Crippen LogP contribution is -2.44. The first-order chi connectivity index (χ1) is 12.3. The molecule has 0 fully saturated rings. The van der Waals surface area contributed by atoms with Crippen LogP contribution in [-0.2, 0) is 6.42 Å². The number of carbonyl (C=O) groups excluding carboxylic acids is 1. The number of hydrogen-bond donors (Lipinski definition) is 1. The Kier molecular flexibility index (Phi) is 4.44. The van der Waals surface area contributed by atoms with Crippen LogP contribution in [0.4, 0.5) is 0 Å². The van der Waals surface area contributed by atoms with Crippen LogP contribution in [0, 0.1) is 0 Å². The van der Waals surface area contributed by atoms with Crippen LogP contribution in [0.3, 0.4) is 0 Å². The van der Waals surface area contributed by atoms with Crippen molar-refractivity contribution in [3.8, 4) is 0 Å². The van der Waals surface area contributed by atoms with Gasteiger partial charge in [0.2, 0.25) is 0 Å². The normalized spacial score (nSPS) is 21.1. The van der Waals surface area contributed by atoms with E-state index in [0.717, 1.165) is 50.3 Å². The predicted octanol–water partition coefficient (Wildman–Crippen LogP) is 2.78. The molecule has 0 bridgehead atoms. The number of nitrogens with one attached hydrogen (secondary N) is 1. The molecule has 2 aliphatic heterocycles. The first-order valence-corrected chi connectivity index (χ1v) is 9.05. The average Bonchev–Trinajstić information content (AvgIpc) is 3.32. The number of carbonyl (C=O) groups is 1. The number of H-pyrrole nitrogens is 1. The van der Waals surface area contributed by atoms with Crippen molar-refractivity contribution in [1.82, 2.24) is 19.8 Å². The number of nitrogens with zero attached hydrogens (tertiary/aromatic N) is 3. The molecule has 132 valence electrons. The van der Waals surface area contributed by atoms with Crippen LogP contribution in [0.5, 0.6) is 0 Å². The smallest absolute Gasteiger partial charge is 0.290 e. The Balaban J connectivity index is 1.67. The Labute approximate surface area is 147 Å². The Morgan fingerprint density at radius 1 is 1.44 bits per heavy atom. The van der Waals surface area contributed by atoms with Crippen molar-refractivity contribution in [2.45, 2.75) is 32.2 Å². The van der Waals surface area contributed by atoms with E-state index in [0.29, 0.717) is 12.3 Å². The minimum Gasteiger partial charge on any atom is -0.459 e. The second-order valence-electron chi connectivity index (χ2n) is 6.74. The van der Waals surface area contributed by atoms with Crippen LogP contribution in [0.15, 0.2) is 40.8 Å². The lowest BCUT2D eigenvalue weighted by Gasteiger charge is -2.39. The monoisotopic (exact) mass is 340 g/mol. The number of furan rings is 1. The Hall–Kier alpha value is -2.34. The summed E-state index contributed by atoms with van der Waals surface area (Å²) in [5.74, 6) is 0.336. The predicted molar refractivity (Wildman–Crippen MR) is 94.2 cm³/mol. The number of fused-ring (bicyclic) bond motifs is 1. The van der Waals surface area contributed by atoms with Crippen LogP contribution in [0.1, 0.15) is 47.7 Å². The number of aromatic nitrogens is 2. The van der Waals surface area contributed by atoms with Gasteiger partial charge in [-0.25, -0.2) is 4.98 Å². The van der Waals surface area contributed by atoms with E-state index >= 15 is 0 Å². The minimum atomic E-state index is -0.104. The van der Waals surface area contributed by atoms with Crippen LogP contribution in [-0.4, -0.2) is 51.9 Å². The highest BCUT2D eigenvalue weighted by molar-refractivity contribution is 5.92. The van der Waals surface area contributed by atoms with E-state index in [1.165, 1.54) is 5.57 Å². The Bertz CT molecular complexity index is 762. The molecule has 2 aromatic rings. The summed E-state index contributed by atoms with van der Waals surface area (Å²) in [6.45, 7) is 5.95. The van der Waals surface area contributed by atoms with E-state index in [1.807, 2.05) is 4.90 Å². The van der Waals surface area contributed by atoms with Crippen molar-refractivity contribution in [3.05, 3.63) is 53.5 Å². The lowest BCUT2D eigenvalue weighted by atomic mass is 9.92. The molecule has 0 saturated heterocycles. The standard InChI is InChI=1S/C19H24N4O2/c1-2-8-22-9-3-5-14(12-22)18-17-15(20-13-21-17)7-10-23(18)19(24)16-6-4-11-25-16/h4-6,11,13,18H,2-3,7-10,12H2,1H3,(H,20,21)/t18-/m0/s1. The maximum absolute atomic E-state index is 13.0. The third-order valence-electron chi connectivity index (χ3n) is 5.07. The summed E-state index contributed by atoms with van der Waals surface area (Å²) < 4.78 is 5.36. The van der Waals surface area contributed by atoms with E-state index in [-0.39, 0.29) is 11.9 Å². The summed E-state index contributed by atoms with van der Waals surface area (Å²) in [5.41, 5.74) is 3.39. The van der Waals surface area contributed by atoms with Gasteiger partial charge in [0, 0.05) is 31.7 Å². The highest BCUT2D eigenvalue weighted by atomic mass is 16.3. The van der Waals surface area contributed by atoms with Crippen LogP contribution in [0.25, 0.3) is 0 Å². The molecule has 0 unspecified atom stereocenters. The fourth-order valence-corrected chi connectivity index (χ4v) is 3.95. The molecular formula is C19H24N4O2. The molecule has 4 heterocycles. The van der Waals surface area contributed by atoms with E-state index in [1.54, 1.807) is 24.7 Å². The zero-order chi connectivity index (χ0) is 17.2. The second-order valence-corrected chi connectivity index (χ2v) is 6.74. The SMILES string of the molecule is CCCN1CCC=C([C@H]2c3nc[nH]c3CCN2C(=O)c2ccco2)C1. The van der Waals surface area contributed by atoms with Gasteiger partial charge >= 0.3 is 0 Å². The summed E-state index contributed by atoms with van der Waals surface area (Å²) >= 11 is 0. The minimum absolute atomic E-state index is 0.0582. The third kappa shape index (κ3) is 3.02. The van der Waals surface area contributed by atoms with Gasteiger partial charge in [-0.3, -0.25) is 9.69 Å². The molecule has 0 spiro atoms. The van der Waals surface area contributed by atoms with Crippen molar-refractivity contribution >= 4 is 5.91 Å². The maximum Gasteiger partial charge on any atom is 0.290 e. The lowest BCUT2D eigenvalue weighted by molar-refractivity contribution is 0.0645. The molecular weight excluding hydrogens is 316 g/mol. The summed E-state index contributed by atoms with van der Waals surface area (Å²) in [5, 5.41) is 0. The fraction of sp³-hybridized carbons (Fsp3) is 0.474. The van der Waals surface area contributed by atoms with E-state index in [9.17, 15) is 4.79 Å². The highest BCUT2D eigenvalue weighted by Crippen LogP contribution is 2.36. The molecule has 1 N–H and O–H groups in total. The van der Waals surface area contributed by atoms with Crippen LogP contribution in [0.2, 0.25) is 0 Å². The van der Waals surface area contributed by atoms with Gasteiger partial charge in [-0.15, -0.1) is 0 Å². The van der Waals surface area contributed by atoms with Gasteiger partial charge in [0.15, 0.2) is 5.76 Å². The van der Waals surface area contributed by atoms with Crippen molar-refractivity contribution in [2.24, 2.45) is 0 Å². The molecule has 1 atom stereocenters. The van der Waals surface area contributed by atoms with Gasteiger partial charge in [0.25, 0.3) is 5.91 Å². The van der Waals surface area contributed by atoms with Crippen molar-refractivity contribution < 1.29 is 9.21 Å². The van der Waals surface area contributed by atoms with Gasteiger partial charge < -0.3 is 14.3 Å². The topological polar surface area (TPSA) is 65.4 Å². The van der Waals surface area contributed by atoms with Gasteiger partial charge in [-0.2, -0.15) is 0 Å². The molecule has 0 saturated carbocycles. The summed E-state index contributed by atoms with van der Waals surface area (Å²) in [4.78, 5) is 25.2. The molecule has 0 radical (unpaired) electrons. The average molecular weight is 340 g/mol. The van der Waals surface area contributed by atoms with Crippen molar-refractivity contribution in [3.63, 3.8) is 0 Å². The molecule has 1 amide bonds. The molecule has 0 aromatic carbocycles. The summed E-state index contributed by atoms with van der Waals surface area (Å²) in [6.07, 6.45) is 8.54. The second kappa shape index (κ2) is 6.88. The molecule has 6 heteroatoms. The highest BCUT2D eigenvalue weighted by Gasteiger charge is 2.37. The zero-order valence-electron chi connectivity index (χ0n) is 14.6. The van der Waals surface area contributed by atoms with E-state index < -0.39 is 0 Å². The number of amides is 1. The van der Waals surface area contributed by atoms with Gasteiger partial charge in [-0.1, -0.05) is 13.0 Å². The molecule has 0 aliphatic carbocycles. The van der Waals surface area contributed by atoms with E-state index in [4.69, 9.17) is 4.42 Å². The van der Waals surface area contributed by atoms with Gasteiger partial charge in [-0.05, 0) is 37.1 Å². The van der Waals surface area contributed by atoms with Crippen LogP contribution < -0.4 is 0 Å². The van der Waals surface area contributed by atoms with Crippen LogP contribution >= 0.6 is 0 Å². The quantitative estimate of drug-likeness (QED) is 0.869. The first kappa shape index (κ1) is 16.1. The third-order valence-corrected chi connectivity index (χ3v) is 5.07. The fourth-order valence-electron chi connectivity index (χ4n) is 3.95. The Morgan fingerprint density at radius 3 is 3.16 bits per heavy atom. The summed E-state index contributed by atoms with van der Waals surface area (Å²) in [6, 6.07) is 3.39. The van der Waals surface area contributed by atoms with Gasteiger partial charge in [0.1, 0.15) is 0 Å². The molecule has 2 aromatic heterocycles. The molecule has 6 nitrogen and oxygen atoms in total. The van der Waals surface area contributed by atoms with E-state index in [2.05, 4.69) is 27.9 Å². The van der Waals surface area contributed by atoms with Crippen molar-refractivity contribution in [2.75, 3.05) is 26.2 Å². The first-order valence-electron chi connectivity index (χ1n) is 9.05. The van der Waals surface area contributed by atoms with Gasteiger partial charge in [0.05, 0.1) is 24.3 Å².